The van der Waals surface area contributed by atoms with Gasteiger partial charge in [-0.1, -0.05) is 29.8 Å². The number of nitrogens with one attached hydrogen (secondary N) is 2. The number of piperidine rings is 1. The number of anilines is 1. The third-order valence-electron chi connectivity index (χ3n) is 5.52. The first-order valence-electron chi connectivity index (χ1n) is 10.5. The molecule has 1 atom stereocenters. The fourth-order valence-corrected chi connectivity index (χ4v) is 3.78. The van der Waals surface area contributed by atoms with Gasteiger partial charge in [0.1, 0.15) is 0 Å². The lowest BCUT2D eigenvalue weighted by Crippen LogP contribution is -2.44. The van der Waals surface area contributed by atoms with Crippen LogP contribution in [0.1, 0.15) is 28.8 Å². The standard InChI is InChI=1S/C24H26N4O3/c1-17-4-10-21(11-5-17)27-24(30)26-13-18-3-2-12-28(15-18)23(29)20-8-6-19(7-9-20)22-14-25-16-31-22/h4-11,14,16,18H,2-3,12-13,15H2,1H3,(H2,26,27,30)/t18-/m0/s1. The third kappa shape index (κ3) is 5.31. The molecule has 0 radical (unpaired) electrons. The lowest BCUT2D eigenvalue weighted by Gasteiger charge is -2.33. The first kappa shape index (κ1) is 20.7. The van der Waals surface area contributed by atoms with Crippen LogP contribution in [0, 0.1) is 12.8 Å². The van der Waals surface area contributed by atoms with E-state index in [4.69, 9.17) is 4.42 Å². The van der Waals surface area contributed by atoms with Gasteiger partial charge in [0.2, 0.25) is 0 Å². The van der Waals surface area contributed by atoms with Crippen LogP contribution in [0.4, 0.5) is 10.5 Å². The van der Waals surface area contributed by atoms with Crippen molar-refractivity contribution >= 4 is 17.6 Å². The van der Waals surface area contributed by atoms with Gasteiger partial charge in [-0.25, -0.2) is 9.78 Å². The SMILES string of the molecule is Cc1ccc(NC(=O)NC[C@@H]2CCCN(C(=O)c3ccc(-c4cnco4)cc3)C2)cc1. The van der Waals surface area contributed by atoms with Crippen LogP contribution >= 0.6 is 0 Å². The predicted octanol–water partition coefficient (Wildman–Crippen LogP) is 4.32. The van der Waals surface area contributed by atoms with Crippen molar-refractivity contribution in [3.8, 4) is 11.3 Å². The van der Waals surface area contributed by atoms with E-state index in [0.29, 0.717) is 24.4 Å². The molecule has 2 N–H and O–H groups in total. The third-order valence-corrected chi connectivity index (χ3v) is 5.52. The van der Waals surface area contributed by atoms with Gasteiger partial charge in [-0.3, -0.25) is 4.79 Å². The highest BCUT2D eigenvalue weighted by Gasteiger charge is 2.25. The molecular weight excluding hydrogens is 392 g/mol. The second-order valence-electron chi connectivity index (χ2n) is 7.90. The minimum absolute atomic E-state index is 0.0120. The normalized spacial score (nSPS) is 16.0. The number of aromatic nitrogens is 1. The van der Waals surface area contributed by atoms with Crippen LogP contribution in [0.3, 0.4) is 0 Å². The average Bonchev–Trinajstić information content (AvgIpc) is 3.34. The Balaban J connectivity index is 1.29. The molecule has 0 aliphatic carbocycles. The van der Waals surface area contributed by atoms with Crippen LogP contribution in [0.25, 0.3) is 11.3 Å². The largest absolute Gasteiger partial charge is 0.444 e. The van der Waals surface area contributed by atoms with Gasteiger partial charge in [-0.2, -0.15) is 0 Å². The van der Waals surface area contributed by atoms with Gasteiger partial charge in [0.05, 0.1) is 6.20 Å². The number of likely N-dealkylation sites (tertiary alicyclic amines) is 1. The summed E-state index contributed by atoms with van der Waals surface area (Å²) in [6, 6.07) is 14.8. The molecule has 1 saturated heterocycles. The van der Waals surface area contributed by atoms with Gasteiger partial charge in [-0.15, -0.1) is 0 Å². The van der Waals surface area contributed by atoms with Gasteiger partial charge in [-0.05, 0) is 49.9 Å². The Bertz CT molecular complexity index is 1010. The molecule has 1 aliphatic heterocycles. The Labute approximate surface area is 181 Å². The van der Waals surface area contributed by atoms with Crippen molar-refractivity contribution in [2.75, 3.05) is 25.0 Å². The van der Waals surface area contributed by atoms with Crippen molar-refractivity contribution in [3.05, 3.63) is 72.2 Å². The number of amides is 3. The molecular formula is C24H26N4O3. The summed E-state index contributed by atoms with van der Waals surface area (Å²) in [7, 11) is 0. The second-order valence-corrected chi connectivity index (χ2v) is 7.90. The highest BCUT2D eigenvalue weighted by molar-refractivity contribution is 5.94. The van der Waals surface area contributed by atoms with E-state index in [1.54, 1.807) is 6.20 Å². The van der Waals surface area contributed by atoms with Crippen LogP contribution in [0.2, 0.25) is 0 Å². The molecule has 160 valence electrons. The molecule has 7 nitrogen and oxygen atoms in total. The van der Waals surface area contributed by atoms with E-state index < -0.39 is 0 Å². The Morgan fingerprint density at radius 1 is 1.13 bits per heavy atom. The van der Waals surface area contributed by atoms with Crippen molar-refractivity contribution < 1.29 is 14.0 Å². The Hall–Kier alpha value is -3.61. The van der Waals surface area contributed by atoms with E-state index in [1.165, 1.54) is 6.39 Å². The van der Waals surface area contributed by atoms with E-state index in [-0.39, 0.29) is 17.9 Å². The van der Waals surface area contributed by atoms with Crippen molar-refractivity contribution in [3.63, 3.8) is 0 Å². The Morgan fingerprint density at radius 2 is 1.90 bits per heavy atom. The molecule has 0 unspecified atom stereocenters. The zero-order chi connectivity index (χ0) is 21.6. The fourth-order valence-electron chi connectivity index (χ4n) is 3.78. The molecule has 2 heterocycles. The highest BCUT2D eigenvalue weighted by Crippen LogP contribution is 2.22. The molecule has 0 saturated carbocycles. The van der Waals surface area contributed by atoms with Crippen molar-refractivity contribution in [1.82, 2.24) is 15.2 Å². The summed E-state index contributed by atoms with van der Waals surface area (Å²) in [5.41, 5.74) is 3.44. The summed E-state index contributed by atoms with van der Waals surface area (Å²) >= 11 is 0. The highest BCUT2D eigenvalue weighted by atomic mass is 16.3. The first-order valence-corrected chi connectivity index (χ1v) is 10.5. The summed E-state index contributed by atoms with van der Waals surface area (Å²) in [6.07, 6.45) is 4.94. The molecule has 1 aliphatic rings. The lowest BCUT2D eigenvalue weighted by molar-refractivity contribution is 0.0675. The minimum atomic E-state index is -0.227. The molecule has 4 rings (SSSR count). The topological polar surface area (TPSA) is 87.5 Å². The summed E-state index contributed by atoms with van der Waals surface area (Å²) in [6.45, 7) is 3.90. The van der Waals surface area contributed by atoms with Gasteiger partial charge in [0.25, 0.3) is 5.91 Å². The number of aryl methyl sites for hydroxylation is 1. The Morgan fingerprint density at radius 3 is 2.61 bits per heavy atom. The van der Waals surface area contributed by atoms with Crippen molar-refractivity contribution in [2.45, 2.75) is 19.8 Å². The molecule has 1 fully saturated rings. The molecule has 1 aromatic heterocycles. The summed E-state index contributed by atoms with van der Waals surface area (Å²) in [4.78, 5) is 30.9. The maximum Gasteiger partial charge on any atom is 0.319 e. The van der Waals surface area contributed by atoms with Gasteiger partial charge in [0, 0.05) is 36.4 Å². The number of hydrogen-bond donors (Lipinski definition) is 2. The molecule has 2 aromatic carbocycles. The van der Waals surface area contributed by atoms with Gasteiger partial charge >= 0.3 is 6.03 Å². The number of rotatable bonds is 5. The zero-order valence-electron chi connectivity index (χ0n) is 17.5. The number of benzene rings is 2. The summed E-state index contributed by atoms with van der Waals surface area (Å²) < 4.78 is 5.29. The van der Waals surface area contributed by atoms with Crippen LogP contribution in [0.5, 0.6) is 0 Å². The maximum absolute atomic E-state index is 12.9. The molecule has 7 heteroatoms. The molecule has 0 spiro atoms. The van der Waals surface area contributed by atoms with E-state index in [9.17, 15) is 9.59 Å². The molecule has 31 heavy (non-hydrogen) atoms. The molecule has 0 bridgehead atoms. The molecule has 3 amide bonds. The van der Waals surface area contributed by atoms with Crippen LogP contribution in [-0.2, 0) is 0 Å². The van der Waals surface area contributed by atoms with E-state index in [0.717, 1.165) is 36.2 Å². The quantitative estimate of drug-likeness (QED) is 0.646. The summed E-state index contributed by atoms with van der Waals surface area (Å²) in [5.74, 6) is 0.917. The monoisotopic (exact) mass is 418 g/mol. The second kappa shape index (κ2) is 9.47. The number of oxazole rings is 1. The Kier molecular flexibility index (Phi) is 6.31. The van der Waals surface area contributed by atoms with E-state index in [2.05, 4.69) is 15.6 Å². The van der Waals surface area contributed by atoms with Gasteiger partial charge in [0.15, 0.2) is 12.2 Å². The van der Waals surface area contributed by atoms with Crippen molar-refractivity contribution in [2.24, 2.45) is 5.92 Å². The van der Waals surface area contributed by atoms with Crippen LogP contribution in [-0.4, -0.2) is 41.5 Å². The lowest BCUT2D eigenvalue weighted by atomic mass is 9.97. The van der Waals surface area contributed by atoms with E-state index >= 15 is 0 Å². The smallest absolute Gasteiger partial charge is 0.319 e. The number of urea groups is 1. The van der Waals surface area contributed by atoms with Crippen LogP contribution < -0.4 is 10.6 Å². The maximum atomic E-state index is 12.9. The number of nitrogens with zero attached hydrogens (tertiary/aromatic N) is 2. The van der Waals surface area contributed by atoms with E-state index in [1.807, 2.05) is 60.4 Å². The van der Waals surface area contributed by atoms with Crippen molar-refractivity contribution in [1.29, 1.82) is 0 Å². The summed E-state index contributed by atoms with van der Waals surface area (Å²) in [5, 5.41) is 5.78. The van der Waals surface area contributed by atoms with Crippen LogP contribution in [0.15, 0.2) is 65.5 Å². The predicted molar refractivity (Wildman–Crippen MR) is 119 cm³/mol. The number of carbonyl (C=O) groups is 2. The average molecular weight is 418 g/mol. The van der Waals surface area contributed by atoms with Gasteiger partial charge < -0.3 is 20.0 Å². The zero-order valence-corrected chi connectivity index (χ0v) is 17.5. The minimum Gasteiger partial charge on any atom is -0.444 e. The first-order chi connectivity index (χ1) is 15.1. The molecule has 3 aromatic rings. The number of hydrogen-bond acceptors (Lipinski definition) is 4. The fraction of sp³-hybridized carbons (Fsp3) is 0.292. The number of carbonyl (C=O) groups excluding carboxylic acids is 2.